The molecule has 0 N–H and O–H groups in total. The van der Waals surface area contributed by atoms with E-state index in [1.165, 1.54) is 108 Å². The van der Waals surface area contributed by atoms with Crippen LogP contribution in [0.25, 0.3) is 54.9 Å². The van der Waals surface area contributed by atoms with Gasteiger partial charge in [-0.3, -0.25) is 0 Å². The van der Waals surface area contributed by atoms with Gasteiger partial charge in [0.15, 0.2) is 0 Å². The molecule has 0 bridgehead atoms. The standard InChI is InChI=1S/C59H40N2S2/c1-59(2)47-19-7-6-18-41(47)42-31-28-38(34-48(42)59)58-44-33-30-39(60-49-20-8-12-24-53(49)62-54-25-13-9-21-50(54)60)35-45(44)57(37-16-4-3-5-17-37)43-32-29-40(36-46(43)58)61-51-22-10-14-26-55(51)63-56-27-15-11-23-52(56)61/h3-36H,1-2H3. The number of rotatable bonds is 4. The summed E-state index contributed by atoms with van der Waals surface area (Å²) in [5.41, 5.74) is 17.3. The number of benzene rings is 10. The van der Waals surface area contributed by atoms with Gasteiger partial charge in [0.2, 0.25) is 0 Å². The smallest absolute Gasteiger partial charge is 0.0601 e. The van der Waals surface area contributed by atoms with Gasteiger partial charge < -0.3 is 9.80 Å². The minimum atomic E-state index is -0.137. The number of hydrogen-bond donors (Lipinski definition) is 0. The van der Waals surface area contributed by atoms with E-state index in [0.29, 0.717) is 0 Å². The highest BCUT2D eigenvalue weighted by atomic mass is 32.2. The molecule has 0 amide bonds. The lowest BCUT2D eigenvalue weighted by molar-refractivity contribution is 0.660. The lowest BCUT2D eigenvalue weighted by atomic mass is 9.80. The van der Waals surface area contributed by atoms with Crippen LogP contribution in [0.1, 0.15) is 25.0 Å². The molecule has 63 heavy (non-hydrogen) atoms. The molecule has 0 fully saturated rings. The van der Waals surface area contributed by atoms with E-state index in [9.17, 15) is 0 Å². The third kappa shape index (κ3) is 5.54. The molecular formula is C59H40N2S2. The molecular weight excluding hydrogens is 801 g/mol. The monoisotopic (exact) mass is 840 g/mol. The third-order valence-electron chi connectivity index (χ3n) is 13.4. The molecule has 10 aromatic carbocycles. The van der Waals surface area contributed by atoms with Crippen molar-refractivity contribution < 1.29 is 0 Å². The number of fused-ring (bicyclic) bond motifs is 9. The zero-order valence-corrected chi connectivity index (χ0v) is 36.5. The molecule has 298 valence electrons. The molecule has 3 aliphatic rings. The third-order valence-corrected chi connectivity index (χ3v) is 15.7. The summed E-state index contributed by atoms with van der Waals surface area (Å²) in [4.78, 5) is 9.95. The van der Waals surface area contributed by atoms with Gasteiger partial charge >= 0.3 is 0 Å². The Morgan fingerprint density at radius 1 is 0.333 bits per heavy atom. The second-order valence-electron chi connectivity index (χ2n) is 17.3. The molecule has 0 saturated carbocycles. The molecule has 0 atom stereocenters. The molecule has 0 unspecified atom stereocenters. The fourth-order valence-electron chi connectivity index (χ4n) is 10.5. The van der Waals surface area contributed by atoms with Gasteiger partial charge in [-0.05, 0) is 145 Å². The van der Waals surface area contributed by atoms with E-state index in [2.05, 4.69) is 230 Å². The Hall–Kier alpha value is -6.98. The molecule has 0 saturated heterocycles. The normalized spacial score (nSPS) is 14.1. The molecule has 1 aliphatic carbocycles. The summed E-state index contributed by atoms with van der Waals surface area (Å²) < 4.78 is 0. The first-order valence-electron chi connectivity index (χ1n) is 21.7. The number of hydrogen-bond acceptors (Lipinski definition) is 4. The van der Waals surface area contributed by atoms with Crippen molar-refractivity contribution in [3.63, 3.8) is 0 Å². The van der Waals surface area contributed by atoms with Crippen LogP contribution in [0.15, 0.2) is 226 Å². The Morgan fingerprint density at radius 2 is 0.762 bits per heavy atom. The Morgan fingerprint density at radius 3 is 1.29 bits per heavy atom. The highest BCUT2D eigenvalue weighted by molar-refractivity contribution is 8.00. The van der Waals surface area contributed by atoms with Crippen LogP contribution in [0.2, 0.25) is 0 Å². The van der Waals surface area contributed by atoms with Crippen molar-refractivity contribution in [3.8, 4) is 33.4 Å². The first-order valence-corrected chi connectivity index (χ1v) is 23.3. The van der Waals surface area contributed by atoms with Crippen molar-refractivity contribution in [3.05, 3.63) is 217 Å². The van der Waals surface area contributed by atoms with Crippen LogP contribution in [0.4, 0.5) is 34.1 Å². The first-order chi connectivity index (χ1) is 31.0. The predicted molar refractivity (Wildman–Crippen MR) is 268 cm³/mol. The Labute approximate surface area is 376 Å². The summed E-state index contributed by atoms with van der Waals surface area (Å²) in [5, 5.41) is 4.93. The van der Waals surface area contributed by atoms with Crippen molar-refractivity contribution in [1.29, 1.82) is 0 Å². The topological polar surface area (TPSA) is 6.48 Å². The van der Waals surface area contributed by atoms with Crippen LogP contribution < -0.4 is 9.80 Å². The maximum absolute atomic E-state index is 2.50. The Kier molecular flexibility index (Phi) is 8.16. The van der Waals surface area contributed by atoms with Gasteiger partial charge in [0, 0.05) is 36.4 Å². The van der Waals surface area contributed by atoms with Crippen molar-refractivity contribution in [2.45, 2.75) is 38.8 Å². The second kappa shape index (κ2) is 14.0. The van der Waals surface area contributed by atoms with E-state index in [-0.39, 0.29) is 5.41 Å². The largest absolute Gasteiger partial charge is 0.308 e. The molecule has 13 rings (SSSR count). The van der Waals surface area contributed by atoms with Crippen molar-refractivity contribution >= 4 is 79.2 Å². The quantitative estimate of drug-likeness (QED) is 0.163. The Bertz CT molecular complexity index is 3430. The molecule has 2 heterocycles. The SMILES string of the molecule is CC1(C)c2ccccc2-c2ccc(-c3c4ccc(N5c6ccccc6Sc6ccccc65)cc4c(-c4ccccc4)c4ccc(N5c6ccccc6Sc6ccccc65)cc34)cc21. The van der Waals surface area contributed by atoms with E-state index in [4.69, 9.17) is 0 Å². The van der Waals surface area contributed by atoms with E-state index < -0.39 is 0 Å². The maximum Gasteiger partial charge on any atom is 0.0601 e. The van der Waals surface area contributed by atoms with Crippen molar-refractivity contribution in [2.24, 2.45) is 0 Å². The number of nitrogens with zero attached hydrogens (tertiary/aromatic N) is 2. The van der Waals surface area contributed by atoms with Crippen LogP contribution in [-0.4, -0.2) is 0 Å². The van der Waals surface area contributed by atoms with Crippen molar-refractivity contribution in [1.82, 2.24) is 0 Å². The van der Waals surface area contributed by atoms with Crippen LogP contribution in [0, 0.1) is 0 Å². The minimum Gasteiger partial charge on any atom is -0.308 e. The van der Waals surface area contributed by atoms with Gasteiger partial charge in [0.05, 0.1) is 22.7 Å². The van der Waals surface area contributed by atoms with Crippen LogP contribution in [0.3, 0.4) is 0 Å². The lowest BCUT2D eigenvalue weighted by Gasteiger charge is -2.34. The summed E-state index contributed by atoms with van der Waals surface area (Å²) >= 11 is 3.70. The van der Waals surface area contributed by atoms with Crippen molar-refractivity contribution in [2.75, 3.05) is 9.80 Å². The number of para-hydroxylation sites is 4. The highest BCUT2D eigenvalue weighted by Crippen LogP contribution is 2.56. The summed E-state index contributed by atoms with van der Waals surface area (Å²) in [6.07, 6.45) is 0. The minimum absolute atomic E-state index is 0.137. The van der Waals surface area contributed by atoms with E-state index >= 15 is 0 Å². The summed E-state index contributed by atoms with van der Waals surface area (Å²) in [5.74, 6) is 0. The molecule has 0 aromatic heterocycles. The second-order valence-corrected chi connectivity index (χ2v) is 19.4. The highest BCUT2D eigenvalue weighted by Gasteiger charge is 2.36. The lowest BCUT2D eigenvalue weighted by Crippen LogP contribution is -2.15. The van der Waals surface area contributed by atoms with Gasteiger partial charge in [-0.25, -0.2) is 0 Å². The fraction of sp³-hybridized carbons (Fsp3) is 0.0508. The van der Waals surface area contributed by atoms with Gasteiger partial charge in [-0.2, -0.15) is 0 Å². The van der Waals surface area contributed by atoms with E-state index in [1.54, 1.807) is 0 Å². The maximum atomic E-state index is 2.50. The van der Waals surface area contributed by atoms with Gasteiger partial charge in [-0.1, -0.05) is 165 Å². The van der Waals surface area contributed by atoms with Gasteiger partial charge in [0.1, 0.15) is 0 Å². The zero-order chi connectivity index (χ0) is 41.8. The summed E-state index contributed by atoms with van der Waals surface area (Å²) in [6.45, 7) is 4.77. The summed E-state index contributed by atoms with van der Waals surface area (Å²) in [7, 11) is 0. The molecule has 4 heteroatoms. The average Bonchev–Trinajstić information content (AvgIpc) is 3.56. The van der Waals surface area contributed by atoms with E-state index in [0.717, 1.165) is 11.4 Å². The molecule has 10 aromatic rings. The van der Waals surface area contributed by atoms with Gasteiger partial charge in [0.25, 0.3) is 0 Å². The fourth-order valence-corrected chi connectivity index (χ4v) is 12.7. The first kappa shape index (κ1) is 36.7. The van der Waals surface area contributed by atoms with Crippen LogP contribution in [-0.2, 0) is 5.41 Å². The molecule has 2 aliphatic heterocycles. The predicted octanol–water partition coefficient (Wildman–Crippen LogP) is 17.5. The molecule has 2 nitrogen and oxygen atoms in total. The Balaban J connectivity index is 1.13. The number of anilines is 6. The van der Waals surface area contributed by atoms with Crippen LogP contribution >= 0.6 is 23.5 Å². The molecule has 0 radical (unpaired) electrons. The van der Waals surface area contributed by atoms with Crippen LogP contribution in [0.5, 0.6) is 0 Å². The summed E-state index contributed by atoms with van der Waals surface area (Å²) in [6, 6.07) is 76.9. The average molecular weight is 841 g/mol. The van der Waals surface area contributed by atoms with Gasteiger partial charge in [-0.15, -0.1) is 0 Å². The zero-order valence-electron chi connectivity index (χ0n) is 34.8. The molecule has 0 spiro atoms. The van der Waals surface area contributed by atoms with E-state index in [1.807, 2.05) is 23.5 Å².